The molecule has 0 bridgehead atoms. The van der Waals surface area contributed by atoms with Crippen molar-refractivity contribution in [2.75, 3.05) is 11.9 Å². The molecule has 4 heteroatoms. The maximum absolute atomic E-state index is 12.0. The van der Waals surface area contributed by atoms with Crippen LogP contribution in [0.15, 0.2) is 53.0 Å². The lowest BCUT2D eigenvalue weighted by atomic mass is 9.84. The van der Waals surface area contributed by atoms with Gasteiger partial charge < -0.3 is 10.6 Å². The fourth-order valence-electron chi connectivity index (χ4n) is 2.12. The predicted octanol–water partition coefficient (Wildman–Crippen LogP) is 4.86. The largest absolute Gasteiger partial charge is 0.337 e. The third-order valence-corrected chi connectivity index (χ3v) is 4.15. The molecule has 2 N–H and O–H groups in total. The first-order valence-electron chi connectivity index (χ1n) is 7.24. The van der Waals surface area contributed by atoms with Gasteiger partial charge in [-0.1, -0.05) is 59.6 Å². The first-order chi connectivity index (χ1) is 10.4. The molecule has 0 atom stereocenters. The molecule has 2 aromatic rings. The van der Waals surface area contributed by atoms with E-state index in [0.717, 1.165) is 10.2 Å². The van der Waals surface area contributed by atoms with Gasteiger partial charge in [-0.05, 0) is 36.8 Å². The molecule has 0 unspecified atom stereocenters. The van der Waals surface area contributed by atoms with Crippen LogP contribution in [-0.4, -0.2) is 12.6 Å². The number of halogens is 1. The number of aryl methyl sites for hydroxylation is 1. The number of anilines is 1. The Hall–Kier alpha value is -1.81. The second-order valence-corrected chi connectivity index (χ2v) is 6.98. The fraction of sp³-hybridized carbons (Fsp3) is 0.278. The van der Waals surface area contributed by atoms with Gasteiger partial charge in [0.05, 0.1) is 0 Å². The number of benzene rings is 2. The summed E-state index contributed by atoms with van der Waals surface area (Å²) in [6, 6.07) is 15.7. The van der Waals surface area contributed by atoms with Crippen molar-refractivity contribution in [3.05, 3.63) is 64.1 Å². The third kappa shape index (κ3) is 4.60. The lowest BCUT2D eigenvalue weighted by Crippen LogP contribution is -2.38. The fourth-order valence-corrected chi connectivity index (χ4v) is 2.38. The van der Waals surface area contributed by atoms with Crippen molar-refractivity contribution in [2.45, 2.75) is 26.2 Å². The number of carbonyl (C=O) groups is 1. The zero-order valence-corrected chi connectivity index (χ0v) is 14.7. The van der Waals surface area contributed by atoms with E-state index in [2.05, 4.69) is 71.6 Å². The van der Waals surface area contributed by atoms with E-state index in [0.29, 0.717) is 6.54 Å². The number of amides is 2. The summed E-state index contributed by atoms with van der Waals surface area (Å²) in [6.07, 6.45) is 0. The molecule has 0 saturated heterocycles. The lowest BCUT2D eigenvalue weighted by molar-refractivity contribution is 0.249. The van der Waals surface area contributed by atoms with E-state index in [9.17, 15) is 4.79 Å². The molecular formula is C18H21BrN2O. The molecule has 0 aliphatic carbocycles. The summed E-state index contributed by atoms with van der Waals surface area (Å²) in [7, 11) is 0. The van der Waals surface area contributed by atoms with Crippen molar-refractivity contribution < 1.29 is 4.79 Å². The zero-order chi connectivity index (χ0) is 16.2. The van der Waals surface area contributed by atoms with Crippen molar-refractivity contribution in [1.29, 1.82) is 0 Å². The Labute approximate surface area is 140 Å². The predicted molar refractivity (Wildman–Crippen MR) is 95.4 cm³/mol. The molecule has 22 heavy (non-hydrogen) atoms. The van der Waals surface area contributed by atoms with E-state index in [-0.39, 0.29) is 11.4 Å². The number of urea groups is 1. The molecule has 0 fully saturated rings. The van der Waals surface area contributed by atoms with Gasteiger partial charge in [-0.15, -0.1) is 0 Å². The molecule has 0 heterocycles. The summed E-state index contributed by atoms with van der Waals surface area (Å²) >= 11 is 3.37. The standard InChI is InChI=1S/C18H21BrN2O/c1-13-4-6-14(7-5-13)18(2,3)12-20-17(22)21-16-10-8-15(19)9-11-16/h4-11H,12H2,1-3H3,(H2,20,21,22). The van der Waals surface area contributed by atoms with E-state index in [1.54, 1.807) is 0 Å². The maximum Gasteiger partial charge on any atom is 0.319 e. The van der Waals surface area contributed by atoms with Gasteiger partial charge in [0.25, 0.3) is 0 Å². The molecule has 0 aromatic heterocycles. The summed E-state index contributed by atoms with van der Waals surface area (Å²) in [6.45, 7) is 6.88. The SMILES string of the molecule is Cc1ccc(C(C)(C)CNC(=O)Nc2ccc(Br)cc2)cc1. The van der Waals surface area contributed by atoms with Gasteiger partial charge in [0.2, 0.25) is 0 Å². The highest BCUT2D eigenvalue weighted by atomic mass is 79.9. The summed E-state index contributed by atoms with van der Waals surface area (Å²) in [4.78, 5) is 12.0. The summed E-state index contributed by atoms with van der Waals surface area (Å²) in [5.74, 6) is 0. The van der Waals surface area contributed by atoms with Crippen LogP contribution >= 0.6 is 15.9 Å². The van der Waals surface area contributed by atoms with Gasteiger partial charge in [0, 0.05) is 22.1 Å². The highest BCUT2D eigenvalue weighted by Crippen LogP contribution is 2.22. The highest BCUT2D eigenvalue weighted by Gasteiger charge is 2.21. The first-order valence-corrected chi connectivity index (χ1v) is 8.04. The summed E-state index contributed by atoms with van der Waals surface area (Å²) < 4.78 is 0.985. The summed E-state index contributed by atoms with van der Waals surface area (Å²) in [5, 5.41) is 5.77. The van der Waals surface area contributed by atoms with Crippen molar-refractivity contribution in [3.63, 3.8) is 0 Å². The van der Waals surface area contributed by atoms with Crippen molar-refractivity contribution in [3.8, 4) is 0 Å². The Balaban J connectivity index is 1.92. The summed E-state index contributed by atoms with van der Waals surface area (Å²) in [5.41, 5.74) is 3.10. The number of hydrogen-bond acceptors (Lipinski definition) is 1. The van der Waals surface area contributed by atoms with Crippen molar-refractivity contribution in [1.82, 2.24) is 5.32 Å². The molecule has 2 aromatic carbocycles. The van der Waals surface area contributed by atoms with Crippen molar-refractivity contribution >= 4 is 27.6 Å². The van der Waals surface area contributed by atoms with E-state index < -0.39 is 0 Å². The van der Waals surface area contributed by atoms with Crippen LogP contribution in [0, 0.1) is 6.92 Å². The molecular weight excluding hydrogens is 340 g/mol. The average molecular weight is 361 g/mol. The highest BCUT2D eigenvalue weighted by molar-refractivity contribution is 9.10. The second-order valence-electron chi connectivity index (χ2n) is 6.06. The van der Waals surface area contributed by atoms with Crippen LogP contribution in [-0.2, 0) is 5.41 Å². The van der Waals surface area contributed by atoms with Gasteiger partial charge in [-0.2, -0.15) is 0 Å². The number of carbonyl (C=O) groups excluding carboxylic acids is 1. The normalized spacial score (nSPS) is 11.1. The molecule has 3 nitrogen and oxygen atoms in total. The molecule has 0 aliphatic rings. The zero-order valence-electron chi connectivity index (χ0n) is 13.1. The van der Waals surface area contributed by atoms with Gasteiger partial charge >= 0.3 is 6.03 Å². The first kappa shape index (κ1) is 16.6. The minimum Gasteiger partial charge on any atom is -0.337 e. The minimum absolute atomic E-state index is 0.120. The Kier molecular flexibility index (Phi) is 5.24. The van der Waals surface area contributed by atoms with Gasteiger partial charge in [0.1, 0.15) is 0 Å². The molecule has 0 saturated carbocycles. The van der Waals surface area contributed by atoms with Crippen LogP contribution in [0.4, 0.5) is 10.5 Å². The molecule has 116 valence electrons. The third-order valence-electron chi connectivity index (χ3n) is 3.63. The number of rotatable bonds is 4. The maximum atomic E-state index is 12.0. The number of hydrogen-bond donors (Lipinski definition) is 2. The quantitative estimate of drug-likeness (QED) is 0.803. The van der Waals surface area contributed by atoms with E-state index in [1.807, 2.05) is 24.3 Å². The number of nitrogens with one attached hydrogen (secondary N) is 2. The van der Waals surface area contributed by atoms with Gasteiger partial charge in [-0.3, -0.25) is 0 Å². The smallest absolute Gasteiger partial charge is 0.319 e. The van der Waals surface area contributed by atoms with Gasteiger partial charge in [0.15, 0.2) is 0 Å². The van der Waals surface area contributed by atoms with E-state index in [4.69, 9.17) is 0 Å². The van der Waals surface area contributed by atoms with Crippen LogP contribution in [0.25, 0.3) is 0 Å². The molecule has 0 radical (unpaired) electrons. The Morgan fingerprint density at radius 1 is 1.05 bits per heavy atom. The Morgan fingerprint density at radius 2 is 1.64 bits per heavy atom. The van der Waals surface area contributed by atoms with E-state index in [1.165, 1.54) is 11.1 Å². The topological polar surface area (TPSA) is 41.1 Å². The molecule has 2 amide bonds. The minimum atomic E-state index is -0.192. The lowest BCUT2D eigenvalue weighted by Gasteiger charge is -2.26. The monoisotopic (exact) mass is 360 g/mol. The Morgan fingerprint density at radius 3 is 2.23 bits per heavy atom. The van der Waals surface area contributed by atoms with Crippen molar-refractivity contribution in [2.24, 2.45) is 0 Å². The second kappa shape index (κ2) is 6.97. The average Bonchev–Trinajstić information content (AvgIpc) is 2.48. The van der Waals surface area contributed by atoms with Crippen LogP contribution in [0.5, 0.6) is 0 Å². The van der Waals surface area contributed by atoms with E-state index >= 15 is 0 Å². The van der Waals surface area contributed by atoms with Gasteiger partial charge in [-0.25, -0.2) is 4.79 Å². The molecule has 2 rings (SSSR count). The molecule has 0 aliphatic heterocycles. The van der Waals surface area contributed by atoms with Crippen LogP contribution < -0.4 is 10.6 Å². The van der Waals surface area contributed by atoms with Crippen LogP contribution in [0.2, 0.25) is 0 Å². The Bertz CT molecular complexity index is 633. The van der Waals surface area contributed by atoms with Crippen LogP contribution in [0.3, 0.4) is 0 Å². The molecule has 0 spiro atoms. The van der Waals surface area contributed by atoms with Crippen LogP contribution in [0.1, 0.15) is 25.0 Å².